The third kappa shape index (κ3) is 16.6. The van der Waals surface area contributed by atoms with Crippen LogP contribution in [0.15, 0.2) is 236 Å². The van der Waals surface area contributed by atoms with Crippen molar-refractivity contribution >= 4 is 165 Å². The molecule has 0 amide bonds. The first-order valence-corrected chi connectivity index (χ1v) is 37.2. The Labute approximate surface area is 576 Å². The number of thioether (sulfide) groups is 3. The summed E-state index contributed by atoms with van der Waals surface area (Å²) in [6.45, 7) is 8.24. The van der Waals surface area contributed by atoms with E-state index in [1.807, 2.05) is 64.1 Å². The molecule has 0 spiro atoms. The Hall–Kier alpha value is -10.1. The normalized spacial score (nSPS) is 11.8. The van der Waals surface area contributed by atoms with Crippen LogP contribution in [-0.4, -0.2) is 103 Å². The summed E-state index contributed by atoms with van der Waals surface area (Å²) in [6.07, 6.45) is 0. The number of aliphatic carboxylic acids is 3. The van der Waals surface area contributed by atoms with Crippen molar-refractivity contribution in [2.24, 2.45) is 0 Å². The number of carbonyl (C=O) groups is 3. The lowest BCUT2D eigenvalue weighted by molar-refractivity contribution is -0.134. The summed E-state index contributed by atoms with van der Waals surface area (Å²) in [7, 11) is -11.9. The Kier molecular flexibility index (Phi) is 21.4. The van der Waals surface area contributed by atoms with E-state index in [4.69, 9.17) is 24.8 Å². The predicted octanol–water partition coefficient (Wildman–Crippen LogP) is 15.6. The molecule has 0 radical (unpaired) electrons. The molecule has 12 aromatic carbocycles. The van der Waals surface area contributed by atoms with E-state index in [0.717, 1.165) is 56.8 Å². The van der Waals surface area contributed by atoms with Crippen molar-refractivity contribution in [2.45, 2.75) is 62.7 Å². The third-order valence-electron chi connectivity index (χ3n) is 14.7. The minimum absolute atomic E-state index is 0.0754. The van der Waals surface area contributed by atoms with Crippen molar-refractivity contribution in [3.05, 3.63) is 206 Å². The van der Waals surface area contributed by atoms with Gasteiger partial charge in [0, 0.05) is 43.1 Å². The predicted molar refractivity (Wildman–Crippen MR) is 388 cm³/mol. The first-order chi connectivity index (χ1) is 46.6. The minimum atomic E-state index is -4.02. The van der Waals surface area contributed by atoms with Gasteiger partial charge in [0.05, 0.1) is 70.3 Å². The number of rotatable bonds is 21. The Balaban J connectivity index is 0.000000160. The number of carboxylic acid groups (broad SMARTS) is 3. The first kappa shape index (κ1) is 70.7. The SMILES string of the molecule is CC(C)(C)Oc1ccc2cc(S(=O)(=O)Nc3cc(SCC(=O)O)c(O)c4ccccc34)ccc2c1.CCOc1ccc2c(S(=O)(=O)Nc3cc(SCC(=O)O)c(O)c4ccccc34)cccc2c1.O=C(O)CSc1cc(NS(=O)(=O)c2cccc3ccccc23)c2ccccc2c1O. The molecule has 0 bridgehead atoms. The second-order valence-corrected chi connectivity index (χ2v) is 30.8. The number of sulfonamides is 3. The van der Waals surface area contributed by atoms with Gasteiger partial charge in [0.15, 0.2) is 0 Å². The van der Waals surface area contributed by atoms with Gasteiger partial charge in [-0.1, -0.05) is 133 Å². The molecule has 12 aromatic rings. The van der Waals surface area contributed by atoms with Gasteiger partial charge in [-0.3, -0.25) is 28.5 Å². The van der Waals surface area contributed by atoms with Crippen LogP contribution in [0.2, 0.25) is 0 Å². The average molecular weight is 1430 g/mol. The number of hydrogen-bond donors (Lipinski definition) is 9. The molecule has 504 valence electrons. The highest BCUT2D eigenvalue weighted by atomic mass is 32.2. The molecule has 9 N–H and O–H groups in total. The summed E-state index contributed by atoms with van der Waals surface area (Å²) in [5, 5.41) is 65.8. The molecule has 0 saturated heterocycles. The van der Waals surface area contributed by atoms with E-state index in [9.17, 15) is 55.0 Å². The van der Waals surface area contributed by atoms with Crippen LogP contribution in [0, 0.1) is 0 Å². The fraction of sp³-hybridized carbons (Fsp3) is 0.125. The number of aromatic hydroxyl groups is 3. The zero-order valence-electron chi connectivity index (χ0n) is 52.6. The number of hydrogen-bond acceptors (Lipinski definition) is 17. The molecular formula is C72H63N3O17S6. The maximum atomic E-state index is 13.4. The average Bonchev–Trinajstić information content (AvgIpc) is 0.778. The quantitative estimate of drug-likeness (QED) is 0.0238. The van der Waals surface area contributed by atoms with Gasteiger partial charge in [-0.15, -0.1) is 35.3 Å². The Morgan fingerprint density at radius 3 is 1.18 bits per heavy atom. The van der Waals surface area contributed by atoms with Gasteiger partial charge in [0.2, 0.25) is 0 Å². The molecule has 20 nitrogen and oxygen atoms in total. The second kappa shape index (κ2) is 29.7. The van der Waals surface area contributed by atoms with Gasteiger partial charge in [0.1, 0.15) is 34.3 Å². The maximum Gasteiger partial charge on any atom is 0.313 e. The minimum Gasteiger partial charge on any atom is -0.506 e. The van der Waals surface area contributed by atoms with Gasteiger partial charge in [0.25, 0.3) is 30.1 Å². The lowest BCUT2D eigenvalue weighted by Gasteiger charge is -2.21. The molecule has 0 heterocycles. The van der Waals surface area contributed by atoms with Gasteiger partial charge in [-0.2, -0.15) is 0 Å². The fourth-order valence-electron chi connectivity index (χ4n) is 10.5. The number of anilines is 3. The van der Waals surface area contributed by atoms with Crippen LogP contribution >= 0.6 is 35.3 Å². The lowest BCUT2D eigenvalue weighted by atomic mass is 10.1. The van der Waals surface area contributed by atoms with Crippen LogP contribution in [0.1, 0.15) is 27.7 Å². The summed E-state index contributed by atoms with van der Waals surface area (Å²) in [6, 6.07) is 57.6. The van der Waals surface area contributed by atoms with Crippen LogP contribution in [0.5, 0.6) is 28.7 Å². The summed E-state index contributed by atoms with van der Waals surface area (Å²) in [4.78, 5) is 34.1. The summed E-state index contributed by atoms with van der Waals surface area (Å²) < 4.78 is 99.2. The van der Waals surface area contributed by atoms with E-state index in [-0.39, 0.29) is 86.5 Å². The molecule has 0 aliphatic carbocycles. The molecular weight excluding hydrogens is 1370 g/mol. The highest BCUT2D eigenvalue weighted by Crippen LogP contribution is 2.44. The van der Waals surface area contributed by atoms with Gasteiger partial charge in [-0.25, -0.2) is 25.3 Å². The molecule has 12 rings (SSSR count). The largest absolute Gasteiger partial charge is 0.506 e. The standard InChI is InChI=1S/C26H25NO6S2.C24H21NO6S2.C22H17NO5S2/c1-26(2,3)33-18-10-8-17-13-19(11-9-16(17)12-18)35(31,32)27-22-14-23(34-15-24(28)29)25(30)21-7-5-4-6-20(21)22;1-2-31-16-10-11-17-15(12-16)6-5-9-22(17)33(29,30)25-20-13-21(32-14-23(26)27)24(28)19-8-4-3-7-18(19)20;24-21(25)13-29-19-12-18(16-9-3-4-10-17(16)22(19)26)23-30(27,28)20-11-5-7-14-6-1-2-8-15(14)20/h4-14,27,30H,15H2,1-3H3,(H,28,29);3-13,25,28H,2,14H2,1H3,(H,26,27);1-12,23,26H,13H2,(H,24,25). The molecule has 0 aliphatic rings. The van der Waals surface area contributed by atoms with Crippen LogP contribution in [0.25, 0.3) is 64.6 Å². The Bertz CT molecular complexity index is 5450. The van der Waals surface area contributed by atoms with Crippen LogP contribution in [-0.2, 0) is 44.5 Å². The molecule has 0 unspecified atom stereocenters. The number of phenolic OH excluding ortho intramolecular Hbond substituents is 3. The topological polar surface area (TPSA) is 330 Å². The molecule has 26 heteroatoms. The molecule has 98 heavy (non-hydrogen) atoms. The van der Waals surface area contributed by atoms with Crippen molar-refractivity contribution in [2.75, 3.05) is 38.0 Å². The van der Waals surface area contributed by atoms with E-state index in [2.05, 4.69) is 14.2 Å². The van der Waals surface area contributed by atoms with Gasteiger partial charge < -0.3 is 40.1 Å². The van der Waals surface area contributed by atoms with Crippen molar-refractivity contribution in [3.8, 4) is 28.7 Å². The van der Waals surface area contributed by atoms with Crippen molar-refractivity contribution in [3.63, 3.8) is 0 Å². The molecule has 0 saturated carbocycles. The Morgan fingerprint density at radius 1 is 0.388 bits per heavy atom. The maximum absolute atomic E-state index is 13.4. The number of nitrogens with one attached hydrogen (secondary N) is 3. The van der Waals surface area contributed by atoms with Gasteiger partial charge >= 0.3 is 17.9 Å². The van der Waals surface area contributed by atoms with Crippen molar-refractivity contribution < 1.29 is 79.7 Å². The fourth-order valence-corrected chi connectivity index (χ4v) is 16.4. The number of ether oxygens (including phenoxy) is 2. The number of fused-ring (bicyclic) bond motifs is 6. The van der Waals surface area contributed by atoms with Crippen LogP contribution < -0.4 is 23.6 Å². The summed E-state index contributed by atoms with van der Waals surface area (Å²) in [5.74, 6) is -2.85. The zero-order chi connectivity index (χ0) is 70.3. The van der Waals surface area contributed by atoms with E-state index < -0.39 is 48.0 Å². The lowest BCUT2D eigenvalue weighted by Crippen LogP contribution is -2.22. The van der Waals surface area contributed by atoms with Crippen LogP contribution in [0.3, 0.4) is 0 Å². The van der Waals surface area contributed by atoms with Gasteiger partial charge in [-0.05, 0) is 122 Å². The molecule has 0 aliphatic heterocycles. The van der Waals surface area contributed by atoms with E-state index in [1.54, 1.807) is 133 Å². The monoisotopic (exact) mass is 1430 g/mol. The van der Waals surface area contributed by atoms with E-state index >= 15 is 0 Å². The first-order valence-electron chi connectivity index (χ1n) is 29.8. The highest BCUT2D eigenvalue weighted by Gasteiger charge is 2.25. The van der Waals surface area contributed by atoms with E-state index in [1.165, 1.54) is 36.4 Å². The summed E-state index contributed by atoms with van der Waals surface area (Å²) in [5.41, 5.74) is 0.416. The molecule has 0 fully saturated rings. The van der Waals surface area contributed by atoms with Crippen molar-refractivity contribution in [1.82, 2.24) is 0 Å². The van der Waals surface area contributed by atoms with Crippen molar-refractivity contribution in [1.29, 1.82) is 0 Å². The zero-order valence-corrected chi connectivity index (χ0v) is 57.5. The number of phenols is 3. The van der Waals surface area contributed by atoms with E-state index in [0.29, 0.717) is 61.2 Å². The molecule has 0 atom stereocenters. The Morgan fingerprint density at radius 2 is 0.745 bits per heavy atom. The van der Waals surface area contributed by atoms with Crippen LogP contribution in [0.4, 0.5) is 17.1 Å². The third-order valence-corrected chi connectivity index (χ3v) is 21.9. The molecule has 0 aromatic heterocycles. The number of carboxylic acids is 3. The summed E-state index contributed by atoms with van der Waals surface area (Å²) >= 11 is 2.76. The highest BCUT2D eigenvalue weighted by molar-refractivity contribution is 8.00. The smallest absolute Gasteiger partial charge is 0.313 e. The number of benzene rings is 12. The second-order valence-electron chi connectivity index (χ2n) is 22.7.